The number of hydrogen-bond acceptors (Lipinski definition) is 3. The van der Waals surface area contributed by atoms with E-state index in [9.17, 15) is 5.11 Å². The molecule has 15 heavy (non-hydrogen) atoms. The minimum absolute atomic E-state index is 0.226. The summed E-state index contributed by atoms with van der Waals surface area (Å²) in [5.74, 6) is 1.79. The molecule has 1 aliphatic carbocycles. The Bertz CT molecular complexity index is 175. The Morgan fingerprint density at radius 3 is 2.73 bits per heavy atom. The highest BCUT2D eigenvalue weighted by Gasteiger charge is 2.33. The summed E-state index contributed by atoms with van der Waals surface area (Å²) in [4.78, 5) is 2.26. The van der Waals surface area contributed by atoms with Crippen molar-refractivity contribution in [3.63, 3.8) is 0 Å². The van der Waals surface area contributed by atoms with Gasteiger partial charge in [-0.2, -0.15) is 0 Å². The first-order valence-electron chi connectivity index (χ1n) is 6.20. The van der Waals surface area contributed by atoms with Crippen LogP contribution in [0.2, 0.25) is 0 Å². The van der Waals surface area contributed by atoms with Gasteiger partial charge in [-0.25, -0.2) is 0 Å². The van der Waals surface area contributed by atoms with Crippen LogP contribution in [0, 0.1) is 11.8 Å². The van der Waals surface area contributed by atoms with Crippen molar-refractivity contribution in [2.75, 3.05) is 33.2 Å². The predicted octanol–water partition coefficient (Wildman–Crippen LogP) is 0.935. The van der Waals surface area contributed by atoms with Crippen LogP contribution in [0.1, 0.15) is 26.7 Å². The minimum Gasteiger partial charge on any atom is -0.390 e. The van der Waals surface area contributed by atoms with Gasteiger partial charge in [0.1, 0.15) is 0 Å². The first kappa shape index (κ1) is 12.9. The highest BCUT2D eigenvalue weighted by Crippen LogP contribution is 2.37. The van der Waals surface area contributed by atoms with E-state index in [1.54, 1.807) is 0 Å². The zero-order valence-corrected chi connectivity index (χ0v) is 10.4. The Hall–Kier alpha value is -0.120. The van der Waals surface area contributed by atoms with Crippen molar-refractivity contribution < 1.29 is 5.11 Å². The molecule has 0 spiro atoms. The Morgan fingerprint density at radius 1 is 1.53 bits per heavy atom. The molecular formula is C12H26N2O. The van der Waals surface area contributed by atoms with E-state index in [2.05, 4.69) is 31.1 Å². The normalized spacial score (nSPS) is 27.0. The van der Waals surface area contributed by atoms with Gasteiger partial charge in [0.2, 0.25) is 0 Å². The minimum atomic E-state index is -0.226. The number of rotatable bonds is 8. The number of hydrogen-bond donors (Lipinski definition) is 2. The lowest BCUT2D eigenvalue weighted by Gasteiger charge is -2.20. The third-order valence-corrected chi connectivity index (χ3v) is 3.15. The molecule has 0 aliphatic heterocycles. The van der Waals surface area contributed by atoms with Gasteiger partial charge >= 0.3 is 0 Å². The SMILES string of the molecule is CCCNCC(O)CN(C)CC1CC1C. The summed E-state index contributed by atoms with van der Waals surface area (Å²) in [6.07, 6.45) is 2.27. The summed E-state index contributed by atoms with van der Waals surface area (Å²) in [6, 6.07) is 0. The molecule has 1 rings (SSSR count). The molecule has 0 bridgehead atoms. The third kappa shape index (κ3) is 5.50. The summed E-state index contributed by atoms with van der Waals surface area (Å²) in [5.41, 5.74) is 0. The van der Waals surface area contributed by atoms with Crippen LogP contribution in [0.25, 0.3) is 0 Å². The quantitative estimate of drug-likeness (QED) is 0.590. The van der Waals surface area contributed by atoms with Crippen LogP contribution < -0.4 is 5.32 Å². The van der Waals surface area contributed by atoms with Crippen LogP contribution in [0.5, 0.6) is 0 Å². The Labute approximate surface area is 93.9 Å². The lowest BCUT2D eigenvalue weighted by Crippen LogP contribution is -2.37. The zero-order chi connectivity index (χ0) is 11.3. The van der Waals surface area contributed by atoms with Crippen molar-refractivity contribution in [1.29, 1.82) is 0 Å². The van der Waals surface area contributed by atoms with Gasteiger partial charge in [0.25, 0.3) is 0 Å². The highest BCUT2D eigenvalue weighted by molar-refractivity contribution is 4.84. The van der Waals surface area contributed by atoms with E-state index in [-0.39, 0.29) is 6.10 Å². The number of likely N-dealkylation sites (N-methyl/N-ethyl adjacent to an activating group) is 1. The first-order valence-corrected chi connectivity index (χ1v) is 6.20. The fourth-order valence-corrected chi connectivity index (χ4v) is 2.00. The van der Waals surface area contributed by atoms with E-state index in [0.29, 0.717) is 0 Å². The molecule has 0 amide bonds. The second-order valence-corrected chi connectivity index (χ2v) is 5.05. The van der Waals surface area contributed by atoms with Crippen LogP contribution in [0.3, 0.4) is 0 Å². The van der Waals surface area contributed by atoms with Crippen molar-refractivity contribution in [2.24, 2.45) is 11.8 Å². The molecule has 3 atom stereocenters. The lowest BCUT2D eigenvalue weighted by atomic mass is 10.3. The molecule has 1 fully saturated rings. The maximum atomic E-state index is 9.74. The maximum absolute atomic E-state index is 9.74. The van der Waals surface area contributed by atoms with Crippen molar-refractivity contribution >= 4 is 0 Å². The Kier molecular flexibility index (Phi) is 5.58. The summed E-state index contributed by atoms with van der Waals surface area (Å²) >= 11 is 0. The molecule has 3 heteroatoms. The summed E-state index contributed by atoms with van der Waals surface area (Å²) < 4.78 is 0. The van der Waals surface area contributed by atoms with E-state index in [1.807, 2.05) is 0 Å². The van der Waals surface area contributed by atoms with Crippen molar-refractivity contribution in [1.82, 2.24) is 10.2 Å². The smallest absolute Gasteiger partial charge is 0.0791 e. The fourth-order valence-electron chi connectivity index (χ4n) is 2.00. The van der Waals surface area contributed by atoms with Crippen LogP contribution in [-0.2, 0) is 0 Å². The molecule has 0 aromatic rings. The average Bonchev–Trinajstić information content (AvgIpc) is 2.81. The summed E-state index contributed by atoms with van der Waals surface area (Å²) in [5, 5.41) is 13.0. The first-order chi connectivity index (χ1) is 7.13. The topological polar surface area (TPSA) is 35.5 Å². The third-order valence-electron chi connectivity index (χ3n) is 3.15. The number of aliphatic hydroxyl groups excluding tert-OH is 1. The van der Waals surface area contributed by atoms with Gasteiger partial charge in [0.05, 0.1) is 6.10 Å². The van der Waals surface area contributed by atoms with Crippen LogP contribution in [0.15, 0.2) is 0 Å². The van der Waals surface area contributed by atoms with Gasteiger partial charge in [-0.1, -0.05) is 13.8 Å². The average molecular weight is 214 g/mol. The van der Waals surface area contributed by atoms with E-state index >= 15 is 0 Å². The molecule has 0 aromatic heterocycles. The Morgan fingerprint density at radius 2 is 2.20 bits per heavy atom. The second-order valence-electron chi connectivity index (χ2n) is 5.05. The molecular weight excluding hydrogens is 188 g/mol. The summed E-state index contributed by atoms with van der Waals surface area (Å²) in [7, 11) is 2.11. The maximum Gasteiger partial charge on any atom is 0.0791 e. The van der Waals surface area contributed by atoms with Gasteiger partial charge < -0.3 is 15.3 Å². The molecule has 1 saturated carbocycles. The molecule has 0 saturated heterocycles. The van der Waals surface area contributed by atoms with E-state index in [1.165, 1.54) is 6.42 Å². The number of nitrogens with one attached hydrogen (secondary N) is 1. The van der Waals surface area contributed by atoms with Gasteiger partial charge in [0.15, 0.2) is 0 Å². The van der Waals surface area contributed by atoms with E-state index < -0.39 is 0 Å². The van der Waals surface area contributed by atoms with E-state index in [0.717, 1.165) is 44.4 Å². The molecule has 3 unspecified atom stereocenters. The van der Waals surface area contributed by atoms with Crippen molar-refractivity contribution in [2.45, 2.75) is 32.8 Å². The summed E-state index contributed by atoms with van der Waals surface area (Å²) in [6.45, 7) is 8.10. The fraction of sp³-hybridized carbons (Fsp3) is 1.00. The van der Waals surface area contributed by atoms with Crippen LogP contribution in [0.4, 0.5) is 0 Å². The second kappa shape index (κ2) is 6.46. The van der Waals surface area contributed by atoms with Gasteiger partial charge in [-0.15, -0.1) is 0 Å². The molecule has 2 N–H and O–H groups in total. The molecule has 1 aliphatic rings. The highest BCUT2D eigenvalue weighted by atomic mass is 16.3. The van der Waals surface area contributed by atoms with Crippen LogP contribution >= 0.6 is 0 Å². The zero-order valence-electron chi connectivity index (χ0n) is 10.4. The number of nitrogens with zero attached hydrogens (tertiary/aromatic N) is 1. The predicted molar refractivity (Wildman–Crippen MR) is 63.9 cm³/mol. The molecule has 0 aromatic carbocycles. The lowest BCUT2D eigenvalue weighted by molar-refractivity contribution is 0.121. The van der Waals surface area contributed by atoms with Gasteiger partial charge in [0, 0.05) is 19.6 Å². The van der Waals surface area contributed by atoms with E-state index in [4.69, 9.17) is 0 Å². The molecule has 90 valence electrons. The van der Waals surface area contributed by atoms with Gasteiger partial charge in [-0.3, -0.25) is 0 Å². The standard InChI is InChI=1S/C12H26N2O/c1-4-5-13-7-12(15)9-14(3)8-11-6-10(11)2/h10-13,15H,4-9H2,1-3H3. The largest absolute Gasteiger partial charge is 0.390 e. The van der Waals surface area contributed by atoms with Crippen molar-refractivity contribution in [3.8, 4) is 0 Å². The van der Waals surface area contributed by atoms with Crippen molar-refractivity contribution in [3.05, 3.63) is 0 Å². The monoisotopic (exact) mass is 214 g/mol. The number of aliphatic hydroxyl groups is 1. The van der Waals surface area contributed by atoms with Gasteiger partial charge in [-0.05, 0) is 38.3 Å². The Balaban J connectivity index is 2.00. The molecule has 0 heterocycles. The molecule has 0 radical (unpaired) electrons. The van der Waals surface area contributed by atoms with Crippen LogP contribution in [-0.4, -0.2) is 49.3 Å². The molecule has 3 nitrogen and oxygen atoms in total.